The zero-order valence-corrected chi connectivity index (χ0v) is 32.4. The second-order valence-corrected chi connectivity index (χ2v) is 15.0. The van der Waals surface area contributed by atoms with Crippen molar-refractivity contribution in [3.05, 3.63) is 147 Å². The average Bonchev–Trinajstić information content (AvgIpc) is 3.18. The van der Waals surface area contributed by atoms with E-state index < -0.39 is 11.3 Å². The van der Waals surface area contributed by atoms with Crippen LogP contribution in [0.4, 0.5) is 17.1 Å². The predicted octanol–water partition coefficient (Wildman–Crippen LogP) is 12.0. The van der Waals surface area contributed by atoms with Crippen molar-refractivity contribution in [3.8, 4) is 0 Å². The minimum atomic E-state index is -0.837. The Kier molecular flexibility index (Phi) is 11.1. The highest BCUT2D eigenvalue weighted by Gasteiger charge is 2.36. The molecule has 300 valence electrons. The second kappa shape index (κ2) is 16.4. The quantitative estimate of drug-likeness (QED) is 0.0990. The number of nitrogens with one attached hydrogen (secondary N) is 3. The number of ketones is 1. The van der Waals surface area contributed by atoms with Crippen LogP contribution in [0, 0.1) is 0 Å². The van der Waals surface area contributed by atoms with E-state index in [4.69, 9.17) is 4.99 Å². The van der Waals surface area contributed by atoms with E-state index in [0.29, 0.717) is 21.8 Å². The van der Waals surface area contributed by atoms with Crippen LogP contribution in [-0.2, 0) is 4.79 Å². The van der Waals surface area contributed by atoms with Crippen LogP contribution in [-0.4, -0.2) is 17.1 Å². The summed E-state index contributed by atoms with van der Waals surface area (Å²) >= 11 is 0. The zero-order chi connectivity index (χ0) is 39.1. The van der Waals surface area contributed by atoms with E-state index in [9.17, 15) is 9.90 Å². The van der Waals surface area contributed by atoms with Crippen molar-refractivity contribution in [1.82, 2.24) is 0 Å². The molecule has 4 aromatic rings. The monoisotopic (exact) mass is 756 g/mol. The van der Waals surface area contributed by atoms with Gasteiger partial charge in [-0.05, 0) is 96.3 Å². The van der Waals surface area contributed by atoms with Gasteiger partial charge in [0.05, 0.1) is 11.0 Å². The lowest BCUT2D eigenvalue weighted by Gasteiger charge is -2.39. The third kappa shape index (κ3) is 7.68. The second-order valence-electron chi connectivity index (χ2n) is 15.0. The number of allylic oxidation sites excluding steroid dienone is 2. The molecule has 56 heavy (non-hydrogen) atoms. The molecule has 0 radical (unpaired) electrons. The number of unbranched alkanes of at least 4 members (excludes halogenated alkanes) is 8. The predicted molar refractivity (Wildman–Crippen MR) is 249 cm³/mol. The van der Waals surface area contributed by atoms with Crippen LogP contribution in [0.2, 0.25) is 0 Å². The molecule has 0 saturated heterocycles. The van der Waals surface area contributed by atoms with Gasteiger partial charge in [0, 0.05) is 65.8 Å². The fraction of sp³-hybridized carbons (Fsp3) is 0.300. The fourth-order valence-corrected chi connectivity index (χ4v) is 8.01. The molecule has 7 rings (SSSR count). The number of hydrogen-bond donors (Lipinski definition) is 3. The van der Waals surface area contributed by atoms with Gasteiger partial charge in [-0.2, -0.15) is 0 Å². The largest absolute Gasteiger partial charge is 0.871 e. The normalized spacial score (nSPS) is 19.4. The fourth-order valence-electron chi connectivity index (χ4n) is 8.01. The average molecular weight is 756 g/mol. The highest BCUT2D eigenvalue weighted by atomic mass is 16.3. The van der Waals surface area contributed by atoms with Crippen molar-refractivity contribution in [2.45, 2.75) is 96.3 Å². The molecule has 0 saturated carbocycles. The van der Waals surface area contributed by atoms with Crippen molar-refractivity contribution in [3.63, 3.8) is 0 Å². The summed E-state index contributed by atoms with van der Waals surface area (Å²) in [4.78, 5) is 19.7. The Morgan fingerprint density at radius 3 is 2.05 bits per heavy atom. The lowest BCUT2D eigenvalue weighted by molar-refractivity contribution is -0.292. The van der Waals surface area contributed by atoms with Crippen molar-refractivity contribution >= 4 is 55.5 Å². The van der Waals surface area contributed by atoms with Crippen LogP contribution in [0.25, 0.3) is 32.7 Å². The molecule has 6 heteroatoms. The standard InChI is InChI=1S/C50H46N4O2.11H2/c1-5-7-9-11-13-15-17-19-21-33-49(3)51-39-27-23-25-35-29-31-37(45(53-49)41(35)39)43-47(55)44(48(43)56)38-32-30-36-26-24-28-40-42(36)46(38)54-50(4,52-40)34-22-20-18-16-14-12-10-8-6-2;;;;;;;;;;;/h23-33,51-53,55H,1,6,8,10,12,14,16,18,20,22,34H2,2-4H3;11*1H/p-1. The highest BCUT2D eigenvalue weighted by molar-refractivity contribution is 6.52. The van der Waals surface area contributed by atoms with Crippen molar-refractivity contribution < 1.29 is 25.6 Å². The van der Waals surface area contributed by atoms with Crippen LogP contribution in [0.1, 0.15) is 106 Å². The molecular weight excluding hydrogens is 689 g/mol. The number of hydrogen-bond acceptors (Lipinski definition) is 6. The molecular formula is C50H67N4O2-. The highest BCUT2D eigenvalue weighted by Crippen LogP contribution is 2.46. The third-order valence-electron chi connectivity index (χ3n) is 10.7. The van der Waals surface area contributed by atoms with E-state index in [2.05, 4.69) is 100 Å². The van der Waals surface area contributed by atoms with Gasteiger partial charge in [0.25, 0.3) is 0 Å². The van der Waals surface area contributed by atoms with E-state index in [1.165, 1.54) is 44.9 Å². The van der Waals surface area contributed by atoms with Gasteiger partial charge in [-0.25, -0.2) is 0 Å². The molecule has 0 fully saturated rings. The van der Waals surface area contributed by atoms with E-state index in [1.807, 2.05) is 55.5 Å². The van der Waals surface area contributed by atoms with Crippen LogP contribution in [0.3, 0.4) is 0 Å². The summed E-state index contributed by atoms with van der Waals surface area (Å²) < 4.78 is 0. The minimum Gasteiger partial charge on any atom is -0.871 e. The summed E-state index contributed by atoms with van der Waals surface area (Å²) in [6.07, 6.45) is 13.9. The lowest BCUT2D eigenvalue weighted by atomic mass is 9.80. The van der Waals surface area contributed by atoms with Gasteiger partial charge in [-0.1, -0.05) is 124 Å². The van der Waals surface area contributed by atoms with Gasteiger partial charge in [0.15, 0.2) is 5.78 Å². The smallest absolute Gasteiger partial charge is 0.193 e. The van der Waals surface area contributed by atoms with Crippen molar-refractivity contribution in [2.24, 2.45) is 4.99 Å². The maximum absolute atomic E-state index is 14.4. The molecule has 3 aliphatic rings. The molecule has 0 amide bonds. The van der Waals surface area contributed by atoms with Crippen LogP contribution in [0.15, 0.2) is 136 Å². The summed E-state index contributed by atoms with van der Waals surface area (Å²) in [6, 6.07) is 19.8. The van der Waals surface area contributed by atoms with E-state index in [-0.39, 0.29) is 38.4 Å². The molecule has 0 spiro atoms. The number of benzene rings is 4. The van der Waals surface area contributed by atoms with E-state index in [0.717, 1.165) is 52.2 Å². The Morgan fingerprint density at radius 2 is 1.36 bits per heavy atom. The van der Waals surface area contributed by atoms with Gasteiger partial charge in [-0.15, -0.1) is 0 Å². The molecule has 3 N–H and O–H groups in total. The first-order valence-corrected chi connectivity index (χ1v) is 19.7. The maximum atomic E-state index is 14.4. The molecule has 0 aromatic heterocycles. The van der Waals surface area contributed by atoms with Gasteiger partial charge in [0.2, 0.25) is 0 Å². The SMILES string of the molecule is C=C=C=C=C=C=C=C=C=C=CC1(C)Nc2cccc3ccc(C4=C([O-])C(=c5ccc6cccc7c6c5=NC(C)(CCCCCCCCCCC)N7)C4=O)c(c23)N1.[HH].[HH].[HH].[HH].[HH].[HH].[HH].[HH].[HH].[HH].[HH]. The first kappa shape index (κ1) is 37.7. The molecule has 2 heterocycles. The summed E-state index contributed by atoms with van der Waals surface area (Å²) in [6.45, 7) is 9.73. The Morgan fingerprint density at radius 1 is 0.732 bits per heavy atom. The number of carbonyl (C=O) groups is 1. The summed E-state index contributed by atoms with van der Waals surface area (Å²) in [5.41, 5.74) is 26.0. The van der Waals surface area contributed by atoms with Gasteiger partial charge in [0.1, 0.15) is 11.3 Å². The van der Waals surface area contributed by atoms with Crippen LogP contribution >= 0.6 is 0 Å². The zero-order valence-electron chi connectivity index (χ0n) is 32.4. The first-order chi connectivity index (χ1) is 27.3. The molecule has 2 aliphatic heterocycles. The van der Waals surface area contributed by atoms with Crippen LogP contribution < -0.4 is 31.6 Å². The van der Waals surface area contributed by atoms with Crippen molar-refractivity contribution in [1.29, 1.82) is 0 Å². The summed E-state index contributed by atoms with van der Waals surface area (Å²) in [5.74, 6) is -0.549. The van der Waals surface area contributed by atoms with Gasteiger partial charge in [-0.3, -0.25) is 9.79 Å². The Balaban J connectivity index is -0.00000116. The molecule has 4 aromatic carbocycles. The third-order valence-corrected chi connectivity index (χ3v) is 10.7. The number of carbonyl (C=O) groups excluding carboxylic acids is 1. The number of nitrogens with zero attached hydrogens (tertiary/aromatic N) is 1. The number of Topliss-reactive ketones (excluding diaryl/α,β-unsaturated/α-hetero) is 1. The molecule has 1 aliphatic carbocycles. The van der Waals surface area contributed by atoms with Crippen LogP contribution in [0.5, 0.6) is 0 Å². The molecule has 0 bridgehead atoms. The van der Waals surface area contributed by atoms with Gasteiger partial charge < -0.3 is 21.1 Å². The molecule has 2 atom stereocenters. The first-order valence-electron chi connectivity index (χ1n) is 19.7. The number of rotatable bonds is 12. The Bertz CT molecular complexity index is 2850. The lowest BCUT2D eigenvalue weighted by Crippen LogP contribution is -2.46. The molecule has 6 nitrogen and oxygen atoms in total. The summed E-state index contributed by atoms with van der Waals surface area (Å²) in [7, 11) is 0. The topological polar surface area (TPSA) is 88.6 Å². The Labute approximate surface area is 344 Å². The summed E-state index contributed by atoms with van der Waals surface area (Å²) in [5, 5.41) is 30.3. The minimum absolute atomic E-state index is 0. The molecule has 2 unspecified atom stereocenters. The van der Waals surface area contributed by atoms with E-state index >= 15 is 0 Å². The van der Waals surface area contributed by atoms with E-state index in [1.54, 1.807) is 6.08 Å². The maximum Gasteiger partial charge on any atom is 0.193 e. The van der Waals surface area contributed by atoms with Gasteiger partial charge >= 0.3 is 0 Å². The Hall–Kier alpha value is -6.56. The number of anilines is 3. The van der Waals surface area contributed by atoms with Crippen molar-refractivity contribution in [2.75, 3.05) is 16.0 Å².